The number of thioether (sulfide) groups is 1. The van der Waals surface area contributed by atoms with Crippen molar-refractivity contribution in [3.8, 4) is 11.1 Å². The first kappa shape index (κ1) is 29.1. The smallest absolute Gasteiger partial charge is 0.350 e. The molecule has 218 valence electrons. The van der Waals surface area contributed by atoms with Gasteiger partial charge in [-0.1, -0.05) is 6.58 Å². The number of nitrogens with zero attached hydrogens (tertiary/aromatic N) is 5. The molecule has 13 heteroatoms. The number of piperazine rings is 1. The van der Waals surface area contributed by atoms with Gasteiger partial charge in [-0.05, 0) is 45.3 Å². The number of carbonyl (C=O) groups is 1. The number of rotatable bonds is 5. The summed E-state index contributed by atoms with van der Waals surface area (Å²) in [5, 5.41) is -0.242. The van der Waals surface area contributed by atoms with Crippen LogP contribution in [0.5, 0.6) is 0 Å². The number of benzene rings is 2. The van der Waals surface area contributed by atoms with Crippen LogP contribution in [0, 0.1) is 11.6 Å². The van der Waals surface area contributed by atoms with Crippen molar-refractivity contribution in [2.75, 3.05) is 45.2 Å². The third kappa shape index (κ3) is 5.32. The van der Waals surface area contributed by atoms with Crippen molar-refractivity contribution >= 4 is 34.4 Å². The van der Waals surface area contributed by atoms with Gasteiger partial charge in [-0.2, -0.15) is 18.2 Å². The van der Waals surface area contributed by atoms with Crippen molar-refractivity contribution in [1.82, 2.24) is 19.4 Å². The van der Waals surface area contributed by atoms with Crippen molar-refractivity contribution in [1.29, 1.82) is 0 Å². The Bertz CT molecular complexity index is 1610. The number of carbonyl (C=O) groups excluding carboxylic acids is 1. The molecule has 0 unspecified atom stereocenters. The summed E-state index contributed by atoms with van der Waals surface area (Å²) in [5.74, 6) is -2.25. The maximum absolute atomic E-state index is 15.1. The molecule has 3 heterocycles. The molecule has 1 aromatic heterocycles. The highest BCUT2D eigenvalue weighted by atomic mass is 32.2. The van der Waals surface area contributed by atoms with Crippen LogP contribution in [0.3, 0.4) is 0 Å². The van der Waals surface area contributed by atoms with Gasteiger partial charge in [-0.15, -0.1) is 11.8 Å². The molecule has 1 fully saturated rings. The molecule has 1 saturated heterocycles. The minimum atomic E-state index is -4.91. The van der Waals surface area contributed by atoms with Gasteiger partial charge in [0.1, 0.15) is 17.5 Å². The topological polar surface area (TPSA) is 61.7 Å². The molecule has 0 N–H and O–H groups in total. The molecule has 2 aliphatic rings. The summed E-state index contributed by atoms with van der Waals surface area (Å²) in [6.07, 6.45) is -3.71. The fourth-order valence-electron chi connectivity index (χ4n) is 5.59. The van der Waals surface area contributed by atoms with Crippen molar-refractivity contribution < 1.29 is 26.7 Å². The van der Waals surface area contributed by atoms with E-state index in [1.807, 2.05) is 4.90 Å². The van der Waals surface area contributed by atoms with E-state index in [1.165, 1.54) is 10.6 Å². The third-order valence-electron chi connectivity index (χ3n) is 7.33. The van der Waals surface area contributed by atoms with Crippen molar-refractivity contribution in [3.63, 3.8) is 0 Å². The van der Waals surface area contributed by atoms with Gasteiger partial charge in [-0.3, -0.25) is 9.36 Å². The summed E-state index contributed by atoms with van der Waals surface area (Å²) in [4.78, 5) is 35.2. The number of anilines is 1. The van der Waals surface area contributed by atoms with E-state index in [4.69, 9.17) is 0 Å². The first-order chi connectivity index (χ1) is 19.3. The lowest BCUT2D eigenvalue weighted by molar-refractivity contribution is -0.137. The van der Waals surface area contributed by atoms with Gasteiger partial charge in [0.25, 0.3) is 0 Å². The molecule has 2 atom stereocenters. The fraction of sp³-hybridized carbons (Fsp3) is 0.393. The van der Waals surface area contributed by atoms with Crippen LogP contribution in [0.15, 0.2) is 46.6 Å². The number of alkyl halides is 3. The van der Waals surface area contributed by atoms with Crippen LogP contribution in [-0.2, 0) is 17.5 Å². The molecular formula is C28H28F5N5O2S. The van der Waals surface area contributed by atoms with Crippen molar-refractivity contribution in [2.24, 2.45) is 0 Å². The highest BCUT2D eigenvalue weighted by Gasteiger charge is 2.40. The lowest BCUT2D eigenvalue weighted by Crippen LogP contribution is -2.54. The molecule has 0 saturated carbocycles. The first-order valence-electron chi connectivity index (χ1n) is 12.9. The van der Waals surface area contributed by atoms with Gasteiger partial charge in [0, 0.05) is 71.5 Å². The Morgan fingerprint density at radius 1 is 1.20 bits per heavy atom. The predicted octanol–water partition coefficient (Wildman–Crippen LogP) is 4.62. The quantitative estimate of drug-likeness (QED) is 0.318. The molecule has 7 nitrogen and oxygen atoms in total. The standard InChI is InChI=1S/C28H28F5N5O2S/c1-5-22(39)36-8-9-37(15(2)12-36)26-19-11-20(28(31,32)33)23(18-7-6-16(29)10-21(18)30)25-24(19)38(27(40)34-26)14-17(41-25)13-35(3)4/h5-7,10-11,15,17H,1,8-9,12-14H2,2-4H3/t15-,17-/m0/s1. The zero-order chi connectivity index (χ0) is 29.8. The van der Waals surface area contributed by atoms with E-state index in [1.54, 1.807) is 30.8 Å². The van der Waals surface area contributed by atoms with Gasteiger partial charge >= 0.3 is 11.9 Å². The molecule has 0 bridgehead atoms. The van der Waals surface area contributed by atoms with E-state index in [9.17, 15) is 27.2 Å². The van der Waals surface area contributed by atoms with Gasteiger partial charge < -0.3 is 14.7 Å². The molecule has 0 spiro atoms. The van der Waals surface area contributed by atoms with E-state index in [0.717, 1.165) is 30.0 Å². The number of hydrogen-bond acceptors (Lipinski definition) is 6. The molecule has 0 aliphatic carbocycles. The minimum absolute atomic E-state index is 0.0731. The Kier molecular flexibility index (Phi) is 7.62. The molecule has 1 amide bonds. The highest BCUT2D eigenvalue weighted by Crippen LogP contribution is 2.50. The lowest BCUT2D eigenvalue weighted by Gasteiger charge is -2.41. The second-order valence-electron chi connectivity index (χ2n) is 10.5. The second-order valence-corrected chi connectivity index (χ2v) is 11.8. The zero-order valence-corrected chi connectivity index (χ0v) is 23.5. The SMILES string of the molecule is C=CC(=O)N1CCN(c2nc(=O)n3c4c(c(-c5ccc(F)cc5F)c(C(F)(F)F)cc24)S[C@@H](CN(C)C)C3)[C@@H](C)C1. The van der Waals surface area contributed by atoms with E-state index < -0.39 is 40.2 Å². The van der Waals surface area contributed by atoms with Crippen molar-refractivity contribution in [2.45, 2.75) is 35.8 Å². The van der Waals surface area contributed by atoms with Crippen LogP contribution in [0.4, 0.5) is 27.8 Å². The number of aromatic nitrogens is 2. The molecule has 5 rings (SSSR count). The van der Waals surface area contributed by atoms with Crippen LogP contribution in [0.1, 0.15) is 12.5 Å². The first-order valence-corrected chi connectivity index (χ1v) is 13.8. The predicted molar refractivity (Wildman–Crippen MR) is 148 cm³/mol. The maximum Gasteiger partial charge on any atom is 0.417 e. The van der Waals surface area contributed by atoms with Crippen molar-refractivity contribution in [3.05, 3.63) is 64.6 Å². The summed E-state index contributed by atoms with van der Waals surface area (Å²) < 4.78 is 74.5. The number of halogens is 5. The molecule has 2 aliphatic heterocycles. The van der Waals surface area contributed by atoms with Crippen LogP contribution in [-0.4, -0.2) is 76.8 Å². The number of amides is 1. The average Bonchev–Trinajstić information content (AvgIpc) is 2.89. The highest BCUT2D eigenvalue weighted by molar-refractivity contribution is 8.00. The Morgan fingerprint density at radius 3 is 2.54 bits per heavy atom. The maximum atomic E-state index is 15.1. The van der Waals surface area contributed by atoms with E-state index in [-0.39, 0.29) is 65.0 Å². The van der Waals surface area contributed by atoms with Gasteiger partial charge in [0.15, 0.2) is 0 Å². The van der Waals surface area contributed by atoms with Crippen LogP contribution in [0.25, 0.3) is 22.0 Å². The van der Waals surface area contributed by atoms with E-state index in [0.29, 0.717) is 12.6 Å². The van der Waals surface area contributed by atoms with E-state index >= 15 is 4.39 Å². The normalized spacial score (nSPS) is 19.2. The van der Waals surface area contributed by atoms with E-state index in [2.05, 4.69) is 11.6 Å². The number of hydrogen-bond donors (Lipinski definition) is 0. The second kappa shape index (κ2) is 10.8. The van der Waals surface area contributed by atoms with Gasteiger partial charge in [0.05, 0.1) is 11.1 Å². The lowest BCUT2D eigenvalue weighted by atomic mass is 9.95. The Morgan fingerprint density at radius 2 is 1.93 bits per heavy atom. The summed E-state index contributed by atoms with van der Waals surface area (Å²) in [6, 6.07) is 3.00. The molecule has 2 aromatic carbocycles. The summed E-state index contributed by atoms with van der Waals surface area (Å²) in [5.41, 5.74) is -2.36. The third-order valence-corrected chi connectivity index (χ3v) is 8.59. The van der Waals surface area contributed by atoms with Gasteiger partial charge in [0.2, 0.25) is 5.91 Å². The van der Waals surface area contributed by atoms with Crippen LogP contribution >= 0.6 is 11.8 Å². The fourth-order valence-corrected chi connectivity index (χ4v) is 7.19. The monoisotopic (exact) mass is 593 g/mol. The van der Waals surface area contributed by atoms with Crippen LogP contribution in [0.2, 0.25) is 0 Å². The largest absolute Gasteiger partial charge is 0.417 e. The van der Waals surface area contributed by atoms with Crippen LogP contribution < -0.4 is 10.6 Å². The summed E-state index contributed by atoms with van der Waals surface area (Å²) >= 11 is 1.14. The molecule has 3 aromatic rings. The Balaban J connectivity index is 1.81. The molecule has 41 heavy (non-hydrogen) atoms. The Hall–Kier alpha value is -3.45. The molecular weight excluding hydrogens is 565 g/mol. The minimum Gasteiger partial charge on any atom is -0.350 e. The zero-order valence-electron chi connectivity index (χ0n) is 22.6. The Labute approximate surface area is 237 Å². The van der Waals surface area contributed by atoms with Gasteiger partial charge in [-0.25, -0.2) is 13.6 Å². The summed E-state index contributed by atoms with van der Waals surface area (Å²) in [7, 11) is 3.61. The summed E-state index contributed by atoms with van der Waals surface area (Å²) in [6.45, 7) is 6.67. The average molecular weight is 594 g/mol. The molecule has 0 radical (unpaired) electrons.